The number of furan rings is 1. The molecule has 0 aliphatic heterocycles. The van der Waals surface area contributed by atoms with Crippen molar-refractivity contribution in [2.24, 2.45) is 0 Å². The summed E-state index contributed by atoms with van der Waals surface area (Å²) >= 11 is 0. The fraction of sp³-hybridized carbons (Fsp3) is 0.263. The lowest BCUT2D eigenvalue weighted by molar-refractivity contribution is -0.132. The minimum Gasteiger partial charge on any atom is -0.459 e. The number of fused-ring (bicyclic) bond motifs is 1. The van der Waals surface area contributed by atoms with Gasteiger partial charge in [0.25, 0.3) is 5.56 Å². The van der Waals surface area contributed by atoms with Gasteiger partial charge in [-0.3, -0.25) is 9.59 Å². The fourth-order valence-corrected chi connectivity index (χ4v) is 2.65. The van der Waals surface area contributed by atoms with Crippen molar-refractivity contribution >= 4 is 16.9 Å². The Bertz CT molecular complexity index is 906. The maximum absolute atomic E-state index is 12.5. The Balaban J connectivity index is 1.79. The molecule has 0 bridgehead atoms. The van der Waals surface area contributed by atoms with Gasteiger partial charge < -0.3 is 13.9 Å². The van der Waals surface area contributed by atoms with Gasteiger partial charge in [0.15, 0.2) is 0 Å². The molecule has 0 aliphatic carbocycles. The molecular weight excluding hydrogens is 304 g/mol. The van der Waals surface area contributed by atoms with Crippen LogP contribution >= 0.6 is 0 Å². The average Bonchev–Trinajstić information content (AvgIpc) is 3.01. The summed E-state index contributed by atoms with van der Waals surface area (Å²) < 4.78 is 7.26. The van der Waals surface area contributed by atoms with E-state index in [1.165, 1.54) is 4.57 Å². The minimum absolute atomic E-state index is 0.0155. The number of benzene rings is 1. The summed E-state index contributed by atoms with van der Waals surface area (Å²) in [4.78, 5) is 26.2. The second-order valence-corrected chi connectivity index (χ2v) is 5.99. The van der Waals surface area contributed by atoms with Crippen LogP contribution in [-0.4, -0.2) is 22.4 Å². The number of rotatable bonds is 4. The molecule has 1 amide bonds. The number of nitrogens with zero attached hydrogens (tertiary/aromatic N) is 2. The number of carbonyl (C=O) groups is 1. The molecule has 2 heterocycles. The molecule has 1 atom stereocenters. The molecule has 24 heavy (non-hydrogen) atoms. The van der Waals surface area contributed by atoms with Crippen LogP contribution in [0.1, 0.15) is 24.3 Å². The van der Waals surface area contributed by atoms with Crippen molar-refractivity contribution in [1.29, 1.82) is 0 Å². The summed E-state index contributed by atoms with van der Waals surface area (Å²) in [5.74, 6) is 0.583. The van der Waals surface area contributed by atoms with E-state index in [2.05, 4.69) is 0 Å². The third-order valence-electron chi connectivity index (χ3n) is 4.35. The van der Waals surface area contributed by atoms with Crippen molar-refractivity contribution in [1.82, 2.24) is 9.47 Å². The normalized spacial score (nSPS) is 12.3. The highest BCUT2D eigenvalue weighted by atomic mass is 16.3. The van der Waals surface area contributed by atoms with Crippen molar-refractivity contribution in [3.05, 3.63) is 70.3 Å². The van der Waals surface area contributed by atoms with E-state index in [-0.39, 0.29) is 24.1 Å². The van der Waals surface area contributed by atoms with Crippen LogP contribution in [0, 0.1) is 6.92 Å². The van der Waals surface area contributed by atoms with Gasteiger partial charge in [-0.25, -0.2) is 0 Å². The zero-order valence-corrected chi connectivity index (χ0v) is 14.0. The van der Waals surface area contributed by atoms with Crippen LogP contribution in [0.15, 0.2) is 57.9 Å². The minimum atomic E-state index is -0.217. The van der Waals surface area contributed by atoms with Crippen LogP contribution in [0.2, 0.25) is 0 Å². The molecule has 3 rings (SSSR count). The number of aryl methyl sites for hydroxylation is 1. The molecular formula is C19H20N2O3. The van der Waals surface area contributed by atoms with Crippen LogP contribution in [0.4, 0.5) is 0 Å². The van der Waals surface area contributed by atoms with Crippen LogP contribution in [0.3, 0.4) is 0 Å². The van der Waals surface area contributed by atoms with Gasteiger partial charge in [0.05, 0.1) is 6.04 Å². The lowest BCUT2D eigenvalue weighted by Gasteiger charge is -2.23. The summed E-state index contributed by atoms with van der Waals surface area (Å²) in [5, 5.41) is 1.01. The first kappa shape index (κ1) is 16.1. The molecule has 5 nitrogen and oxygen atoms in total. The quantitative estimate of drug-likeness (QED) is 0.741. The van der Waals surface area contributed by atoms with E-state index in [0.717, 1.165) is 16.7 Å². The molecule has 124 valence electrons. The van der Waals surface area contributed by atoms with E-state index in [0.29, 0.717) is 5.56 Å². The first-order chi connectivity index (χ1) is 11.5. The van der Waals surface area contributed by atoms with Crippen LogP contribution in [0.5, 0.6) is 0 Å². The number of amides is 1. The van der Waals surface area contributed by atoms with Crippen molar-refractivity contribution in [2.75, 3.05) is 7.05 Å². The molecule has 0 fully saturated rings. The Kier molecular flexibility index (Phi) is 4.25. The highest BCUT2D eigenvalue weighted by Gasteiger charge is 2.21. The van der Waals surface area contributed by atoms with Gasteiger partial charge in [0.1, 0.15) is 17.9 Å². The molecule has 1 aromatic carbocycles. The largest absolute Gasteiger partial charge is 0.459 e. The van der Waals surface area contributed by atoms with Gasteiger partial charge in [-0.1, -0.05) is 24.3 Å². The van der Waals surface area contributed by atoms with Crippen molar-refractivity contribution in [2.45, 2.75) is 26.4 Å². The topological polar surface area (TPSA) is 55.5 Å². The predicted octanol–water partition coefficient (Wildman–Crippen LogP) is 3.12. The lowest BCUT2D eigenvalue weighted by atomic mass is 10.2. The fourth-order valence-electron chi connectivity index (χ4n) is 2.65. The van der Waals surface area contributed by atoms with Gasteiger partial charge >= 0.3 is 0 Å². The molecule has 0 spiro atoms. The number of hydrogen-bond donors (Lipinski definition) is 0. The van der Waals surface area contributed by atoms with E-state index >= 15 is 0 Å². The Labute approximate surface area is 140 Å². The van der Waals surface area contributed by atoms with E-state index < -0.39 is 0 Å². The third-order valence-corrected chi connectivity index (χ3v) is 4.35. The molecule has 0 saturated heterocycles. The van der Waals surface area contributed by atoms with E-state index in [4.69, 9.17) is 4.42 Å². The van der Waals surface area contributed by atoms with Gasteiger partial charge in [-0.2, -0.15) is 0 Å². The number of para-hydroxylation sites is 1. The molecule has 2 aromatic heterocycles. The summed E-state index contributed by atoms with van der Waals surface area (Å²) in [6.07, 6.45) is 1.63. The van der Waals surface area contributed by atoms with Gasteiger partial charge in [-0.15, -0.1) is 0 Å². The number of likely N-dealkylation sites (N-methyl/N-ethyl adjacent to an activating group) is 1. The predicted molar refractivity (Wildman–Crippen MR) is 92.8 cm³/mol. The number of pyridine rings is 1. The highest BCUT2D eigenvalue weighted by Crippen LogP contribution is 2.26. The van der Waals surface area contributed by atoms with E-state index in [9.17, 15) is 9.59 Å². The Morgan fingerprint density at radius 1 is 1.25 bits per heavy atom. The van der Waals surface area contributed by atoms with Crippen LogP contribution < -0.4 is 5.56 Å². The standard InChI is InChI=1S/C19H20N2O3/c1-13-7-6-10-21(19(13)23)12-18(22)20(3)14(2)17-11-15-8-4-5-9-16(15)24-17/h4-11,14H,12H2,1-3H3/t14-/m1/s1. The monoisotopic (exact) mass is 324 g/mol. The highest BCUT2D eigenvalue weighted by molar-refractivity contribution is 5.79. The third kappa shape index (κ3) is 2.97. The molecule has 0 radical (unpaired) electrons. The Morgan fingerprint density at radius 3 is 2.75 bits per heavy atom. The second kappa shape index (κ2) is 6.35. The number of hydrogen-bond acceptors (Lipinski definition) is 3. The lowest BCUT2D eigenvalue weighted by Crippen LogP contribution is -2.35. The molecule has 0 saturated carbocycles. The van der Waals surface area contributed by atoms with Crippen LogP contribution in [0.25, 0.3) is 11.0 Å². The summed E-state index contributed by atoms with van der Waals surface area (Å²) in [6, 6.07) is 13.0. The van der Waals surface area contributed by atoms with Crippen molar-refractivity contribution < 1.29 is 9.21 Å². The smallest absolute Gasteiger partial charge is 0.253 e. The Hall–Kier alpha value is -2.82. The summed E-state index contributed by atoms with van der Waals surface area (Å²) in [6.45, 7) is 3.67. The SMILES string of the molecule is Cc1cccn(CC(=O)N(C)[C@H](C)c2cc3ccccc3o2)c1=O. The molecule has 3 aromatic rings. The number of carbonyl (C=O) groups excluding carboxylic acids is 1. The van der Waals surface area contributed by atoms with Crippen molar-refractivity contribution in [3.63, 3.8) is 0 Å². The van der Waals surface area contributed by atoms with E-state index in [1.807, 2.05) is 37.3 Å². The molecule has 0 N–H and O–H groups in total. The molecule has 0 unspecified atom stereocenters. The van der Waals surface area contributed by atoms with E-state index in [1.54, 1.807) is 37.2 Å². The van der Waals surface area contributed by atoms with Crippen molar-refractivity contribution in [3.8, 4) is 0 Å². The second-order valence-electron chi connectivity index (χ2n) is 5.99. The van der Waals surface area contributed by atoms with Gasteiger partial charge in [0.2, 0.25) is 5.91 Å². The maximum atomic E-state index is 12.5. The zero-order chi connectivity index (χ0) is 17.3. The average molecular weight is 324 g/mol. The first-order valence-electron chi connectivity index (χ1n) is 7.87. The Morgan fingerprint density at radius 2 is 2.00 bits per heavy atom. The molecule has 0 aliphatic rings. The van der Waals surface area contributed by atoms with Gasteiger partial charge in [0, 0.05) is 24.2 Å². The zero-order valence-electron chi connectivity index (χ0n) is 14.0. The van der Waals surface area contributed by atoms with Gasteiger partial charge in [-0.05, 0) is 32.0 Å². The maximum Gasteiger partial charge on any atom is 0.253 e. The molecule has 5 heteroatoms. The first-order valence-corrected chi connectivity index (χ1v) is 7.87. The summed E-state index contributed by atoms with van der Waals surface area (Å²) in [7, 11) is 1.72. The van der Waals surface area contributed by atoms with Crippen LogP contribution in [-0.2, 0) is 11.3 Å². The summed E-state index contributed by atoms with van der Waals surface area (Å²) in [5.41, 5.74) is 1.28. The number of aromatic nitrogens is 1.